The van der Waals surface area contributed by atoms with Crippen molar-refractivity contribution in [3.63, 3.8) is 0 Å². The zero-order valence-electron chi connectivity index (χ0n) is 12.5. The van der Waals surface area contributed by atoms with E-state index in [2.05, 4.69) is 31.7 Å². The summed E-state index contributed by atoms with van der Waals surface area (Å²) in [4.78, 5) is 11.8. The molecule has 0 aliphatic carbocycles. The van der Waals surface area contributed by atoms with Crippen LogP contribution in [0.3, 0.4) is 0 Å². The van der Waals surface area contributed by atoms with Crippen LogP contribution in [-0.2, 0) is 6.18 Å². The first kappa shape index (κ1) is 17.0. The Hall–Kier alpha value is -2.41. The molecule has 23 heavy (non-hydrogen) atoms. The average molecular weight is 342 g/mol. The summed E-state index contributed by atoms with van der Waals surface area (Å²) in [6.45, 7) is 3.45. The summed E-state index contributed by atoms with van der Waals surface area (Å²) in [6, 6.07) is 2.08. The van der Waals surface area contributed by atoms with Gasteiger partial charge in [0.05, 0.1) is 17.7 Å². The van der Waals surface area contributed by atoms with Crippen molar-refractivity contribution in [2.45, 2.75) is 25.9 Å². The fourth-order valence-electron chi connectivity index (χ4n) is 1.72. The van der Waals surface area contributed by atoms with E-state index >= 15 is 0 Å². The van der Waals surface area contributed by atoms with Gasteiger partial charge in [-0.1, -0.05) is 11.3 Å². The summed E-state index contributed by atoms with van der Waals surface area (Å²) in [5, 5.41) is 15.4. The molecule has 1 unspecified atom stereocenters. The van der Waals surface area contributed by atoms with E-state index in [1.54, 1.807) is 13.8 Å². The molecule has 0 aromatic carbocycles. The quantitative estimate of drug-likeness (QED) is 0.881. The third-order valence-corrected chi connectivity index (χ3v) is 4.19. The second kappa shape index (κ2) is 6.37. The normalized spacial score (nSPS) is 12.6. The van der Waals surface area contributed by atoms with Crippen LogP contribution in [0.15, 0.2) is 6.20 Å². The molecule has 0 aliphatic heterocycles. The standard InChI is InChI=1S/C13H13F3N6S/c1-6(4-17)10-20-7(2)11(23-10)22-12-19-5-8(13(14,15)16)9(18-3)21-12/h5-6H,1-3H3,(H2,18,19,21,22). The summed E-state index contributed by atoms with van der Waals surface area (Å²) in [6.07, 6.45) is -3.82. The first-order chi connectivity index (χ1) is 10.8. The lowest BCUT2D eigenvalue weighted by Crippen LogP contribution is -2.12. The molecule has 0 bridgehead atoms. The molecule has 0 saturated carbocycles. The van der Waals surface area contributed by atoms with E-state index in [-0.39, 0.29) is 17.7 Å². The monoisotopic (exact) mass is 342 g/mol. The predicted molar refractivity (Wildman–Crippen MR) is 80.7 cm³/mol. The van der Waals surface area contributed by atoms with Crippen molar-refractivity contribution in [3.05, 3.63) is 22.5 Å². The highest BCUT2D eigenvalue weighted by molar-refractivity contribution is 7.16. The van der Waals surface area contributed by atoms with Gasteiger partial charge in [0.1, 0.15) is 21.4 Å². The van der Waals surface area contributed by atoms with E-state index in [9.17, 15) is 13.2 Å². The topological polar surface area (TPSA) is 86.5 Å². The number of nitriles is 1. The zero-order valence-corrected chi connectivity index (χ0v) is 13.3. The molecule has 2 aromatic heterocycles. The number of nitrogens with one attached hydrogen (secondary N) is 2. The molecule has 2 N–H and O–H groups in total. The van der Waals surface area contributed by atoms with Crippen molar-refractivity contribution in [1.29, 1.82) is 5.26 Å². The van der Waals surface area contributed by atoms with Crippen molar-refractivity contribution in [2.75, 3.05) is 17.7 Å². The third kappa shape index (κ3) is 3.68. The summed E-state index contributed by atoms with van der Waals surface area (Å²) < 4.78 is 38.4. The highest BCUT2D eigenvalue weighted by atomic mass is 32.1. The number of nitrogens with zero attached hydrogens (tertiary/aromatic N) is 4. The van der Waals surface area contributed by atoms with Crippen molar-refractivity contribution < 1.29 is 13.2 Å². The first-order valence-electron chi connectivity index (χ1n) is 6.52. The molecule has 2 rings (SSSR count). The molecule has 0 fully saturated rings. The van der Waals surface area contributed by atoms with Gasteiger partial charge in [-0.15, -0.1) is 0 Å². The minimum absolute atomic E-state index is 0.0188. The van der Waals surface area contributed by atoms with Crippen LogP contribution in [-0.4, -0.2) is 22.0 Å². The molecule has 10 heteroatoms. The van der Waals surface area contributed by atoms with E-state index in [0.717, 1.165) is 6.20 Å². The van der Waals surface area contributed by atoms with Crippen LogP contribution in [0, 0.1) is 18.3 Å². The molecule has 122 valence electrons. The Morgan fingerprint density at radius 1 is 1.35 bits per heavy atom. The molecular weight excluding hydrogens is 329 g/mol. The van der Waals surface area contributed by atoms with Gasteiger partial charge in [0.25, 0.3) is 0 Å². The highest BCUT2D eigenvalue weighted by Gasteiger charge is 2.35. The van der Waals surface area contributed by atoms with Gasteiger partial charge in [0.15, 0.2) is 0 Å². The van der Waals surface area contributed by atoms with Gasteiger partial charge < -0.3 is 10.6 Å². The number of rotatable bonds is 4. The molecule has 0 aliphatic rings. The number of hydrogen-bond acceptors (Lipinski definition) is 7. The zero-order chi connectivity index (χ0) is 17.2. The lowest BCUT2D eigenvalue weighted by atomic mass is 10.2. The van der Waals surface area contributed by atoms with Crippen molar-refractivity contribution in [2.24, 2.45) is 0 Å². The number of anilines is 3. The number of halogens is 3. The van der Waals surface area contributed by atoms with Crippen LogP contribution >= 0.6 is 11.3 Å². The smallest absolute Gasteiger partial charge is 0.372 e. The van der Waals surface area contributed by atoms with Crippen LogP contribution in [0.2, 0.25) is 0 Å². The van der Waals surface area contributed by atoms with Crippen LogP contribution < -0.4 is 10.6 Å². The lowest BCUT2D eigenvalue weighted by molar-refractivity contribution is -0.137. The Morgan fingerprint density at radius 2 is 2.04 bits per heavy atom. The minimum atomic E-state index is -4.54. The van der Waals surface area contributed by atoms with Crippen molar-refractivity contribution in [3.8, 4) is 6.07 Å². The fraction of sp³-hybridized carbons (Fsp3) is 0.385. The van der Waals surface area contributed by atoms with Crippen LogP contribution in [0.4, 0.5) is 29.9 Å². The third-order valence-electron chi connectivity index (χ3n) is 2.93. The molecule has 2 heterocycles. The Morgan fingerprint density at radius 3 is 2.61 bits per heavy atom. The van der Waals surface area contributed by atoms with Gasteiger partial charge in [0, 0.05) is 13.2 Å². The molecule has 2 aromatic rings. The number of aryl methyl sites for hydroxylation is 1. The molecule has 0 saturated heterocycles. The second-order valence-electron chi connectivity index (χ2n) is 4.65. The van der Waals surface area contributed by atoms with E-state index in [4.69, 9.17) is 5.26 Å². The SMILES string of the molecule is CNc1nc(Nc2sc(C(C)C#N)nc2C)ncc1C(F)(F)F. The molecule has 0 radical (unpaired) electrons. The maximum absolute atomic E-state index is 12.8. The van der Waals surface area contributed by atoms with Crippen LogP contribution in [0.25, 0.3) is 0 Å². The maximum atomic E-state index is 12.8. The summed E-state index contributed by atoms with van der Waals surface area (Å²) in [7, 11) is 1.35. The number of thiazole rings is 1. The number of hydrogen-bond donors (Lipinski definition) is 2. The van der Waals surface area contributed by atoms with Gasteiger partial charge in [-0.2, -0.15) is 23.4 Å². The molecule has 0 amide bonds. The molecule has 1 atom stereocenters. The Labute approximate surface area is 134 Å². The second-order valence-corrected chi connectivity index (χ2v) is 5.68. The minimum Gasteiger partial charge on any atom is -0.372 e. The average Bonchev–Trinajstić information content (AvgIpc) is 2.86. The molecule has 6 nitrogen and oxygen atoms in total. The largest absolute Gasteiger partial charge is 0.421 e. The highest BCUT2D eigenvalue weighted by Crippen LogP contribution is 2.35. The van der Waals surface area contributed by atoms with Gasteiger partial charge >= 0.3 is 6.18 Å². The Bertz CT molecular complexity index is 749. The lowest BCUT2D eigenvalue weighted by Gasteiger charge is -2.12. The van der Waals surface area contributed by atoms with Gasteiger partial charge in [-0.3, -0.25) is 0 Å². The van der Waals surface area contributed by atoms with E-state index in [0.29, 0.717) is 15.7 Å². The summed E-state index contributed by atoms with van der Waals surface area (Å²) in [5.41, 5.74) is -0.313. The first-order valence-corrected chi connectivity index (χ1v) is 7.33. The molecular formula is C13H13F3N6S. The van der Waals surface area contributed by atoms with Gasteiger partial charge in [0.2, 0.25) is 5.95 Å². The van der Waals surface area contributed by atoms with Gasteiger partial charge in [-0.25, -0.2) is 9.97 Å². The summed E-state index contributed by atoms with van der Waals surface area (Å²) >= 11 is 1.24. The van der Waals surface area contributed by atoms with Gasteiger partial charge in [-0.05, 0) is 13.8 Å². The maximum Gasteiger partial charge on any atom is 0.421 e. The predicted octanol–water partition coefficient (Wildman–Crippen LogP) is 3.67. The Kier molecular flexibility index (Phi) is 4.70. The van der Waals surface area contributed by atoms with Crippen LogP contribution in [0.5, 0.6) is 0 Å². The van der Waals surface area contributed by atoms with E-state index in [1.807, 2.05) is 0 Å². The molecule has 0 spiro atoms. The van der Waals surface area contributed by atoms with Crippen molar-refractivity contribution >= 4 is 28.1 Å². The summed E-state index contributed by atoms with van der Waals surface area (Å²) in [5.74, 6) is -0.663. The fourth-order valence-corrected chi connectivity index (χ4v) is 2.67. The van der Waals surface area contributed by atoms with Crippen LogP contribution in [0.1, 0.15) is 29.1 Å². The number of aromatic nitrogens is 3. The van der Waals surface area contributed by atoms with Crippen molar-refractivity contribution in [1.82, 2.24) is 15.0 Å². The van der Waals surface area contributed by atoms with E-state index < -0.39 is 11.7 Å². The van der Waals surface area contributed by atoms with E-state index in [1.165, 1.54) is 18.4 Å². The Balaban J connectivity index is 2.31. The number of alkyl halides is 3.